The molecular formula is C9H7N5O. The molecule has 0 atom stereocenters. The van der Waals surface area contributed by atoms with Crippen LogP contribution in [0.3, 0.4) is 0 Å². The molecule has 1 amide bonds. The topological polar surface area (TPSA) is 80.7 Å². The van der Waals surface area contributed by atoms with E-state index in [0.717, 1.165) is 0 Å². The van der Waals surface area contributed by atoms with Gasteiger partial charge in [0, 0.05) is 18.6 Å². The summed E-state index contributed by atoms with van der Waals surface area (Å²) >= 11 is 0. The molecule has 6 nitrogen and oxygen atoms in total. The molecule has 1 N–H and O–H groups in total. The molecule has 0 radical (unpaired) electrons. The van der Waals surface area contributed by atoms with Gasteiger partial charge >= 0.3 is 0 Å². The first kappa shape index (κ1) is 9.20. The molecule has 0 bridgehead atoms. The summed E-state index contributed by atoms with van der Waals surface area (Å²) in [6, 6.07) is 3.33. The third-order valence-corrected chi connectivity index (χ3v) is 1.64. The summed E-state index contributed by atoms with van der Waals surface area (Å²) in [5.74, 6) is 0.0856. The Hall–Kier alpha value is -2.37. The molecule has 0 aromatic carbocycles. The van der Waals surface area contributed by atoms with E-state index in [2.05, 4.69) is 25.5 Å². The maximum atomic E-state index is 11.6. The highest BCUT2D eigenvalue weighted by atomic mass is 16.1. The van der Waals surface area contributed by atoms with Gasteiger partial charge in [-0.15, -0.1) is 5.10 Å². The number of carbonyl (C=O) groups excluding carboxylic acids is 1. The number of rotatable bonds is 2. The zero-order chi connectivity index (χ0) is 10.5. The summed E-state index contributed by atoms with van der Waals surface area (Å²) in [5, 5.41) is 9.92. The van der Waals surface area contributed by atoms with Crippen molar-refractivity contribution in [3.63, 3.8) is 0 Å². The van der Waals surface area contributed by atoms with Gasteiger partial charge in [-0.25, -0.2) is 9.97 Å². The van der Waals surface area contributed by atoms with E-state index in [1.54, 1.807) is 12.1 Å². The highest BCUT2D eigenvalue weighted by molar-refractivity contribution is 6.03. The molecule has 74 valence electrons. The molecule has 2 heterocycles. The van der Waals surface area contributed by atoms with Crippen LogP contribution in [0.5, 0.6) is 0 Å². The van der Waals surface area contributed by atoms with Crippen LogP contribution in [0.1, 0.15) is 10.4 Å². The van der Waals surface area contributed by atoms with E-state index in [-0.39, 0.29) is 5.91 Å². The molecule has 0 spiro atoms. The molecular weight excluding hydrogens is 194 g/mol. The molecule has 2 aromatic heterocycles. The second-order valence-corrected chi connectivity index (χ2v) is 2.69. The van der Waals surface area contributed by atoms with Crippen molar-refractivity contribution in [1.82, 2.24) is 20.2 Å². The Morgan fingerprint density at radius 3 is 2.73 bits per heavy atom. The van der Waals surface area contributed by atoms with Crippen LogP contribution in [0.2, 0.25) is 0 Å². The molecule has 0 saturated carbocycles. The second kappa shape index (κ2) is 4.23. The maximum absolute atomic E-state index is 11.6. The zero-order valence-electron chi connectivity index (χ0n) is 7.66. The van der Waals surface area contributed by atoms with Crippen molar-refractivity contribution in [2.24, 2.45) is 0 Å². The third-order valence-electron chi connectivity index (χ3n) is 1.64. The number of amides is 1. The largest absolute Gasteiger partial charge is 0.305 e. The van der Waals surface area contributed by atoms with Gasteiger partial charge in [0.15, 0.2) is 5.82 Å². The molecule has 2 rings (SSSR count). The quantitative estimate of drug-likeness (QED) is 0.766. The first-order chi connectivity index (χ1) is 7.36. The molecule has 0 aliphatic carbocycles. The van der Waals surface area contributed by atoms with Crippen LogP contribution in [0.15, 0.2) is 37.1 Å². The number of nitrogens with one attached hydrogen (secondary N) is 1. The first-order valence-corrected chi connectivity index (χ1v) is 4.20. The molecule has 2 aromatic rings. The summed E-state index contributed by atoms with van der Waals surface area (Å²) in [6.07, 6.45) is 5.75. The minimum absolute atomic E-state index is 0.309. The summed E-state index contributed by atoms with van der Waals surface area (Å²) < 4.78 is 0. The van der Waals surface area contributed by atoms with Gasteiger partial charge in [-0.3, -0.25) is 4.79 Å². The zero-order valence-corrected chi connectivity index (χ0v) is 7.66. The van der Waals surface area contributed by atoms with E-state index in [1.807, 2.05) is 0 Å². The van der Waals surface area contributed by atoms with Crippen molar-refractivity contribution in [3.8, 4) is 0 Å². The van der Waals surface area contributed by atoms with Crippen molar-refractivity contribution in [3.05, 3.63) is 42.6 Å². The van der Waals surface area contributed by atoms with Gasteiger partial charge in [0.1, 0.15) is 6.33 Å². The van der Waals surface area contributed by atoms with Gasteiger partial charge < -0.3 is 5.32 Å². The number of carbonyl (C=O) groups is 1. The third kappa shape index (κ3) is 2.31. The Kier molecular flexibility index (Phi) is 2.59. The van der Waals surface area contributed by atoms with E-state index in [4.69, 9.17) is 0 Å². The fourth-order valence-corrected chi connectivity index (χ4v) is 0.973. The summed E-state index contributed by atoms with van der Waals surface area (Å²) in [4.78, 5) is 19.0. The first-order valence-electron chi connectivity index (χ1n) is 4.20. The number of aromatic nitrogens is 4. The molecule has 0 unspecified atom stereocenters. The highest BCUT2D eigenvalue weighted by Gasteiger charge is 2.06. The normalized spacial score (nSPS) is 9.60. The van der Waals surface area contributed by atoms with E-state index < -0.39 is 0 Å². The minimum atomic E-state index is -0.309. The lowest BCUT2D eigenvalue weighted by Crippen LogP contribution is -2.13. The van der Waals surface area contributed by atoms with Gasteiger partial charge in [-0.2, -0.15) is 5.10 Å². The SMILES string of the molecule is O=C(Nc1cccnn1)c1cncnc1. The molecule has 6 heteroatoms. The van der Waals surface area contributed by atoms with Crippen LogP contribution in [0, 0.1) is 0 Å². The standard InChI is InChI=1S/C9H7N5O/c15-9(7-4-10-6-11-5-7)13-8-2-1-3-12-14-8/h1-6H,(H,13,14,15). The van der Waals surface area contributed by atoms with Gasteiger partial charge in [0.05, 0.1) is 5.56 Å². The van der Waals surface area contributed by atoms with Crippen LogP contribution in [0.4, 0.5) is 5.82 Å². The summed E-state index contributed by atoms with van der Waals surface area (Å²) in [6.45, 7) is 0. The van der Waals surface area contributed by atoms with Crippen molar-refractivity contribution < 1.29 is 4.79 Å². The average Bonchev–Trinajstić information content (AvgIpc) is 2.31. The Morgan fingerprint density at radius 1 is 1.27 bits per heavy atom. The van der Waals surface area contributed by atoms with Crippen LogP contribution in [-0.2, 0) is 0 Å². The minimum Gasteiger partial charge on any atom is -0.305 e. The molecule has 0 fully saturated rings. The van der Waals surface area contributed by atoms with Gasteiger partial charge in [-0.05, 0) is 12.1 Å². The number of hydrogen-bond acceptors (Lipinski definition) is 5. The molecule has 0 aliphatic heterocycles. The lowest BCUT2D eigenvalue weighted by molar-refractivity contribution is 0.102. The monoisotopic (exact) mass is 201 g/mol. The van der Waals surface area contributed by atoms with Crippen LogP contribution < -0.4 is 5.32 Å². The van der Waals surface area contributed by atoms with Crippen molar-refractivity contribution in [2.75, 3.05) is 5.32 Å². The van der Waals surface area contributed by atoms with Crippen LogP contribution in [-0.4, -0.2) is 26.1 Å². The molecule has 0 saturated heterocycles. The van der Waals surface area contributed by atoms with Crippen LogP contribution in [0.25, 0.3) is 0 Å². The van der Waals surface area contributed by atoms with Gasteiger partial charge in [0.25, 0.3) is 5.91 Å². The number of anilines is 1. The predicted molar refractivity (Wildman–Crippen MR) is 52.0 cm³/mol. The van der Waals surface area contributed by atoms with E-state index in [9.17, 15) is 4.79 Å². The Balaban J connectivity index is 2.12. The maximum Gasteiger partial charge on any atom is 0.260 e. The number of nitrogens with zero attached hydrogens (tertiary/aromatic N) is 4. The van der Waals surface area contributed by atoms with E-state index >= 15 is 0 Å². The van der Waals surface area contributed by atoms with Gasteiger partial charge in [-0.1, -0.05) is 0 Å². The van der Waals surface area contributed by atoms with Gasteiger partial charge in [0.2, 0.25) is 0 Å². The molecule has 15 heavy (non-hydrogen) atoms. The predicted octanol–water partition coefficient (Wildman–Crippen LogP) is 0.519. The van der Waals surface area contributed by atoms with E-state index in [0.29, 0.717) is 11.4 Å². The van der Waals surface area contributed by atoms with Crippen molar-refractivity contribution in [2.45, 2.75) is 0 Å². The fourth-order valence-electron chi connectivity index (χ4n) is 0.973. The lowest BCUT2D eigenvalue weighted by atomic mass is 10.3. The van der Waals surface area contributed by atoms with Crippen molar-refractivity contribution >= 4 is 11.7 Å². The Bertz CT molecular complexity index is 445. The Morgan fingerprint density at radius 2 is 2.07 bits per heavy atom. The van der Waals surface area contributed by atoms with Crippen molar-refractivity contribution in [1.29, 1.82) is 0 Å². The lowest BCUT2D eigenvalue weighted by Gasteiger charge is -2.01. The second-order valence-electron chi connectivity index (χ2n) is 2.69. The highest BCUT2D eigenvalue weighted by Crippen LogP contribution is 2.01. The molecule has 0 aliphatic rings. The fraction of sp³-hybridized carbons (Fsp3) is 0. The Labute approximate surface area is 85.4 Å². The number of hydrogen-bond donors (Lipinski definition) is 1. The summed E-state index contributed by atoms with van der Waals surface area (Å²) in [7, 11) is 0. The average molecular weight is 201 g/mol. The van der Waals surface area contributed by atoms with E-state index in [1.165, 1.54) is 24.9 Å². The smallest absolute Gasteiger partial charge is 0.260 e. The van der Waals surface area contributed by atoms with Crippen LogP contribution >= 0.6 is 0 Å². The summed E-state index contributed by atoms with van der Waals surface area (Å²) in [5.41, 5.74) is 0.378.